The van der Waals surface area contributed by atoms with Gasteiger partial charge in [0.05, 0.1) is 0 Å². The normalized spacial score (nSPS) is 18.9. The van der Waals surface area contributed by atoms with Gasteiger partial charge >= 0.3 is 6.03 Å². The summed E-state index contributed by atoms with van der Waals surface area (Å²) in [5.41, 5.74) is 1.76. The lowest BCUT2D eigenvalue weighted by atomic mass is 9.87. The van der Waals surface area contributed by atoms with Gasteiger partial charge in [0.1, 0.15) is 17.9 Å². The predicted octanol–water partition coefficient (Wildman–Crippen LogP) is 3.24. The smallest absolute Gasteiger partial charge is 0.324 e. The number of benzene rings is 2. The first kappa shape index (κ1) is 19.5. The molecule has 3 rings (SSSR count). The molecule has 1 saturated heterocycles. The molecule has 0 saturated carbocycles. The minimum absolute atomic E-state index is 0.276. The molecule has 1 aliphatic heterocycles. The van der Waals surface area contributed by atoms with Gasteiger partial charge in [0, 0.05) is 5.69 Å². The first-order chi connectivity index (χ1) is 13.3. The number of amides is 4. The Morgan fingerprint density at radius 1 is 1.14 bits per heavy atom. The van der Waals surface area contributed by atoms with E-state index in [2.05, 4.69) is 10.6 Å². The van der Waals surface area contributed by atoms with Crippen LogP contribution in [0.25, 0.3) is 0 Å². The van der Waals surface area contributed by atoms with E-state index < -0.39 is 35.7 Å². The van der Waals surface area contributed by atoms with Crippen LogP contribution in [0, 0.1) is 19.7 Å². The van der Waals surface area contributed by atoms with Crippen LogP contribution in [0.1, 0.15) is 30.0 Å². The van der Waals surface area contributed by atoms with Crippen molar-refractivity contribution in [2.24, 2.45) is 0 Å². The van der Waals surface area contributed by atoms with E-state index in [4.69, 9.17) is 0 Å². The van der Waals surface area contributed by atoms with E-state index in [1.807, 2.05) is 26.0 Å². The number of nitrogens with zero attached hydrogens (tertiary/aromatic N) is 1. The highest BCUT2D eigenvalue weighted by molar-refractivity contribution is 6.10. The fourth-order valence-corrected chi connectivity index (χ4v) is 3.43. The molecule has 0 radical (unpaired) electrons. The number of rotatable bonds is 5. The van der Waals surface area contributed by atoms with Crippen LogP contribution in [0.5, 0.6) is 0 Å². The number of aryl methyl sites for hydroxylation is 2. The van der Waals surface area contributed by atoms with Gasteiger partial charge in [-0.3, -0.25) is 14.5 Å². The van der Waals surface area contributed by atoms with Crippen molar-refractivity contribution in [1.29, 1.82) is 0 Å². The lowest BCUT2D eigenvalue weighted by Gasteiger charge is -2.25. The maximum absolute atomic E-state index is 13.3. The van der Waals surface area contributed by atoms with Crippen LogP contribution in [0.4, 0.5) is 14.9 Å². The number of anilines is 1. The molecule has 1 fully saturated rings. The second-order valence-corrected chi connectivity index (χ2v) is 6.95. The minimum Gasteiger partial charge on any atom is -0.324 e. The highest BCUT2D eigenvalue weighted by Gasteiger charge is 2.51. The molecule has 0 bridgehead atoms. The maximum atomic E-state index is 13.3. The topological polar surface area (TPSA) is 78.5 Å². The minimum atomic E-state index is -1.30. The van der Waals surface area contributed by atoms with Gasteiger partial charge in [0.15, 0.2) is 0 Å². The third-order valence-electron chi connectivity index (χ3n) is 5.00. The lowest BCUT2D eigenvalue weighted by Crippen LogP contribution is -2.44. The average Bonchev–Trinajstić information content (AvgIpc) is 2.90. The third-order valence-corrected chi connectivity index (χ3v) is 5.00. The van der Waals surface area contributed by atoms with Gasteiger partial charge in [0.25, 0.3) is 5.91 Å². The van der Waals surface area contributed by atoms with E-state index in [1.54, 1.807) is 13.0 Å². The molecular weight excluding hydrogens is 361 g/mol. The predicted molar refractivity (Wildman–Crippen MR) is 103 cm³/mol. The van der Waals surface area contributed by atoms with Crippen LogP contribution in [0.2, 0.25) is 0 Å². The molecule has 1 aliphatic rings. The van der Waals surface area contributed by atoms with Gasteiger partial charge in [-0.1, -0.05) is 36.8 Å². The summed E-state index contributed by atoms with van der Waals surface area (Å²) in [5.74, 6) is -1.43. The fourth-order valence-electron chi connectivity index (χ4n) is 3.43. The van der Waals surface area contributed by atoms with Crippen LogP contribution in [0.15, 0.2) is 42.5 Å². The van der Waals surface area contributed by atoms with Gasteiger partial charge in [-0.15, -0.1) is 0 Å². The van der Waals surface area contributed by atoms with Crippen molar-refractivity contribution in [3.8, 4) is 0 Å². The van der Waals surface area contributed by atoms with Gasteiger partial charge < -0.3 is 10.6 Å². The highest BCUT2D eigenvalue weighted by Crippen LogP contribution is 2.32. The van der Waals surface area contributed by atoms with Crippen molar-refractivity contribution in [1.82, 2.24) is 10.2 Å². The molecule has 1 heterocycles. The Labute approximate surface area is 162 Å². The molecule has 6 nitrogen and oxygen atoms in total. The molecule has 2 N–H and O–H groups in total. The summed E-state index contributed by atoms with van der Waals surface area (Å²) < 4.78 is 13.3. The van der Waals surface area contributed by atoms with Crippen molar-refractivity contribution >= 4 is 23.5 Å². The van der Waals surface area contributed by atoms with E-state index in [1.165, 1.54) is 24.3 Å². The van der Waals surface area contributed by atoms with Crippen molar-refractivity contribution in [2.45, 2.75) is 32.7 Å². The Hall–Kier alpha value is -3.22. The van der Waals surface area contributed by atoms with Crippen LogP contribution in [-0.2, 0) is 15.1 Å². The largest absolute Gasteiger partial charge is 0.325 e. The molecule has 7 heteroatoms. The van der Waals surface area contributed by atoms with E-state index in [0.717, 1.165) is 16.0 Å². The average molecular weight is 383 g/mol. The molecule has 28 heavy (non-hydrogen) atoms. The number of hydrogen-bond acceptors (Lipinski definition) is 3. The van der Waals surface area contributed by atoms with Crippen LogP contribution in [0.3, 0.4) is 0 Å². The first-order valence-corrected chi connectivity index (χ1v) is 9.04. The van der Waals surface area contributed by atoms with Gasteiger partial charge in [-0.25, -0.2) is 9.18 Å². The highest BCUT2D eigenvalue weighted by atomic mass is 19.1. The summed E-state index contributed by atoms with van der Waals surface area (Å²) in [6.07, 6.45) is 0.276. The Kier molecular flexibility index (Phi) is 5.18. The number of imide groups is 1. The number of carbonyl (C=O) groups is 3. The summed E-state index contributed by atoms with van der Waals surface area (Å²) in [4.78, 5) is 38.8. The van der Waals surface area contributed by atoms with Crippen molar-refractivity contribution in [3.05, 3.63) is 65.0 Å². The van der Waals surface area contributed by atoms with Crippen LogP contribution >= 0.6 is 0 Å². The van der Waals surface area contributed by atoms with Crippen LogP contribution < -0.4 is 10.6 Å². The van der Waals surface area contributed by atoms with E-state index in [9.17, 15) is 18.8 Å². The fraction of sp³-hybridized carbons (Fsp3) is 0.286. The lowest BCUT2D eigenvalue weighted by molar-refractivity contribution is -0.134. The molecule has 4 amide bonds. The Morgan fingerprint density at radius 2 is 1.82 bits per heavy atom. The zero-order valence-electron chi connectivity index (χ0n) is 16.0. The van der Waals surface area contributed by atoms with Gasteiger partial charge in [-0.05, 0) is 49.6 Å². The molecule has 1 atom stereocenters. The molecule has 2 aromatic carbocycles. The molecule has 2 aromatic rings. The number of halogens is 1. The Bertz CT molecular complexity index is 942. The Morgan fingerprint density at radius 3 is 2.43 bits per heavy atom. The standard InChI is InChI=1S/C21H22FN3O3/c1-4-21(15-6-8-16(22)9-7-15)19(27)25(20(28)24-21)12-18(26)23-17-10-5-13(2)11-14(17)3/h5-11H,4,12H2,1-3H3,(H,23,26)(H,24,28)/t21-/m1/s1. The number of urea groups is 1. The van der Waals surface area contributed by atoms with Gasteiger partial charge in [-0.2, -0.15) is 0 Å². The maximum Gasteiger partial charge on any atom is 0.325 e. The zero-order valence-corrected chi connectivity index (χ0v) is 16.0. The summed E-state index contributed by atoms with van der Waals surface area (Å²) >= 11 is 0. The monoisotopic (exact) mass is 383 g/mol. The van der Waals surface area contributed by atoms with Crippen LogP contribution in [-0.4, -0.2) is 29.3 Å². The summed E-state index contributed by atoms with van der Waals surface area (Å²) in [6, 6.07) is 10.3. The van der Waals surface area contributed by atoms with Gasteiger partial charge in [0.2, 0.25) is 5.91 Å². The van der Waals surface area contributed by atoms with Crippen molar-refractivity contribution in [3.63, 3.8) is 0 Å². The third kappa shape index (κ3) is 3.47. The molecule has 0 aliphatic carbocycles. The molecule has 146 valence electrons. The number of carbonyl (C=O) groups excluding carboxylic acids is 3. The second-order valence-electron chi connectivity index (χ2n) is 6.95. The van der Waals surface area contributed by atoms with E-state index in [-0.39, 0.29) is 6.42 Å². The molecular formula is C21H22FN3O3. The first-order valence-electron chi connectivity index (χ1n) is 9.04. The van der Waals surface area contributed by atoms with Crippen molar-refractivity contribution < 1.29 is 18.8 Å². The summed E-state index contributed by atoms with van der Waals surface area (Å²) in [5, 5.41) is 5.41. The van der Waals surface area contributed by atoms with Crippen molar-refractivity contribution in [2.75, 3.05) is 11.9 Å². The Balaban J connectivity index is 1.79. The molecule has 0 spiro atoms. The summed E-state index contributed by atoms with van der Waals surface area (Å²) in [7, 11) is 0. The van der Waals surface area contributed by atoms with E-state index >= 15 is 0 Å². The molecule has 0 aromatic heterocycles. The zero-order chi connectivity index (χ0) is 20.5. The SMILES string of the molecule is CC[C@]1(c2ccc(F)cc2)NC(=O)N(CC(=O)Nc2ccc(C)cc2C)C1=O. The summed E-state index contributed by atoms with van der Waals surface area (Å²) in [6.45, 7) is 5.17. The molecule has 0 unspecified atom stereocenters. The quantitative estimate of drug-likeness (QED) is 0.778. The second kappa shape index (κ2) is 7.42. The van der Waals surface area contributed by atoms with E-state index in [0.29, 0.717) is 11.3 Å². The number of hydrogen-bond donors (Lipinski definition) is 2. The number of nitrogens with one attached hydrogen (secondary N) is 2.